The first-order valence-corrected chi connectivity index (χ1v) is 8.19. The molecule has 0 atom stereocenters. The molecule has 0 aliphatic heterocycles. The van der Waals surface area contributed by atoms with Crippen LogP contribution in [0.3, 0.4) is 0 Å². The molecule has 0 saturated carbocycles. The molecular weight excluding hydrogens is 328 g/mol. The summed E-state index contributed by atoms with van der Waals surface area (Å²) in [5.41, 5.74) is 3.19. The lowest BCUT2D eigenvalue weighted by Gasteiger charge is -2.10. The minimum absolute atomic E-state index is 0.0788. The Bertz CT molecular complexity index is 1070. The van der Waals surface area contributed by atoms with Gasteiger partial charge in [-0.1, -0.05) is 30.3 Å². The Hall–Kier alpha value is -3.44. The van der Waals surface area contributed by atoms with Crippen LogP contribution in [-0.2, 0) is 6.61 Å². The molecule has 4 rings (SSSR count). The zero-order valence-electron chi connectivity index (χ0n) is 13.8. The van der Waals surface area contributed by atoms with Gasteiger partial charge in [-0.25, -0.2) is 4.98 Å². The fourth-order valence-corrected chi connectivity index (χ4v) is 2.86. The standard InChI is InChI=1S/C21H16N2O3/c24-13-14-5-3-6-15(11-14)22-21(25)17-12-19(20-9-4-10-26-20)23-18-8-2-1-7-16(17)18/h1-12,24H,13H2,(H,22,25). The largest absolute Gasteiger partial charge is 0.463 e. The summed E-state index contributed by atoms with van der Waals surface area (Å²) in [4.78, 5) is 17.5. The molecule has 2 heterocycles. The lowest BCUT2D eigenvalue weighted by Crippen LogP contribution is -2.13. The maximum absolute atomic E-state index is 12.9. The fraction of sp³-hybridized carbons (Fsp3) is 0.0476. The van der Waals surface area contributed by atoms with Crippen molar-refractivity contribution in [3.8, 4) is 11.5 Å². The predicted octanol–water partition coefficient (Wildman–Crippen LogP) is 4.24. The predicted molar refractivity (Wildman–Crippen MR) is 99.8 cm³/mol. The Kier molecular flexibility index (Phi) is 4.21. The molecule has 0 radical (unpaired) electrons. The van der Waals surface area contributed by atoms with Crippen LogP contribution < -0.4 is 5.32 Å². The summed E-state index contributed by atoms with van der Waals surface area (Å²) in [6.45, 7) is -0.0788. The van der Waals surface area contributed by atoms with Gasteiger partial charge in [0.1, 0.15) is 5.69 Å². The smallest absolute Gasteiger partial charge is 0.256 e. The summed E-state index contributed by atoms with van der Waals surface area (Å²) in [5.74, 6) is 0.360. The molecule has 4 aromatic rings. The van der Waals surface area contributed by atoms with E-state index in [-0.39, 0.29) is 12.5 Å². The summed E-state index contributed by atoms with van der Waals surface area (Å²) in [7, 11) is 0. The molecule has 26 heavy (non-hydrogen) atoms. The lowest BCUT2D eigenvalue weighted by atomic mass is 10.1. The van der Waals surface area contributed by atoms with E-state index < -0.39 is 0 Å². The van der Waals surface area contributed by atoms with E-state index in [4.69, 9.17) is 4.42 Å². The highest BCUT2D eigenvalue weighted by Crippen LogP contribution is 2.26. The van der Waals surface area contributed by atoms with Crippen LogP contribution >= 0.6 is 0 Å². The van der Waals surface area contributed by atoms with Gasteiger partial charge in [-0.15, -0.1) is 0 Å². The van der Waals surface area contributed by atoms with Crippen molar-refractivity contribution < 1.29 is 14.3 Å². The summed E-state index contributed by atoms with van der Waals surface area (Å²) < 4.78 is 5.43. The molecule has 0 aliphatic carbocycles. The van der Waals surface area contributed by atoms with Crippen molar-refractivity contribution in [3.63, 3.8) is 0 Å². The van der Waals surface area contributed by atoms with Crippen LogP contribution in [0.2, 0.25) is 0 Å². The highest BCUT2D eigenvalue weighted by molar-refractivity contribution is 6.13. The van der Waals surface area contributed by atoms with E-state index in [9.17, 15) is 9.90 Å². The summed E-state index contributed by atoms with van der Waals surface area (Å²) in [5, 5.41) is 12.9. The van der Waals surface area contributed by atoms with Gasteiger partial charge in [0.15, 0.2) is 5.76 Å². The molecular formula is C21H16N2O3. The van der Waals surface area contributed by atoms with Gasteiger partial charge in [-0.05, 0) is 42.0 Å². The minimum Gasteiger partial charge on any atom is -0.463 e. The van der Waals surface area contributed by atoms with Gasteiger partial charge in [-0.3, -0.25) is 4.79 Å². The van der Waals surface area contributed by atoms with E-state index in [2.05, 4.69) is 10.3 Å². The molecule has 2 aromatic heterocycles. The molecule has 1 amide bonds. The van der Waals surface area contributed by atoms with E-state index in [0.717, 1.165) is 16.5 Å². The monoisotopic (exact) mass is 344 g/mol. The molecule has 2 aromatic carbocycles. The molecule has 0 aliphatic rings. The third kappa shape index (κ3) is 3.08. The maximum Gasteiger partial charge on any atom is 0.256 e. The summed E-state index contributed by atoms with van der Waals surface area (Å²) in [6.07, 6.45) is 1.58. The molecule has 0 bridgehead atoms. The number of hydrogen-bond acceptors (Lipinski definition) is 4. The third-order valence-electron chi connectivity index (χ3n) is 4.10. The van der Waals surface area contributed by atoms with Crippen LogP contribution in [0.4, 0.5) is 5.69 Å². The molecule has 0 saturated heterocycles. The number of para-hydroxylation sites is 1. The number of nitrogens with zero attached hydrogens (tertiary/aromatic N) is 1. The van der Waals surface area contributed by atoms with Crippen LogP contribution in [0.15, 0.2) is 77.4 Å². The quantitative estimate of drug-likeness (QED) is 0.581. The van der Waals surface area contributed by atoms with Crippen molar-refractivity contribution >= 4 is 22.5 Å². The molecule has 0 spiro atoms. The van der Waals surface area contributed by atoms with Gasteiger partial charge in [0.2, 0.25) is 0 Å². The van der Waals surface area contributed by atoms with E-state index in [1.807, 2.05) is 30.3 Å². The number of nitrogens with one attached hydrogen (secondary N) is 1. The number of pyridine rings is 1. The SMILES string of the molecule is O=C(Nc1cccc(CO)c1)c1cc(-c2ccco2)nc2ccccc12. The first-order chi connectivity index (χ1) is 12.7. The zero-order valence-corrected chi connectivity index (χ0v) is 13.8. The number of carbonyl (C=O) groups excluding carboxylic acids is 1. The average molecular weight is 344 g/mol. The van der Waals surface area contributed by atoms with Gasteiger partial charge < -0.3 is 14.8 Å². The average Bonchev–Trinajstić information content (AvgIpc) is 3.22. The number of aliphatic hydroxyl groups is 1. The van der Waals surface area contributed by atoms with Gasteiger partial charge in [0.25, 0.3) is 5.91 Å². The summed E-state index contributed by atoms with van der Waals surface area (Å²) >= 11 is 0. The number of amides is 1. The van der Waals surface area contributed by atoms with Crippen molar-refractivity contribution in [2.24, 2.45) is 0 Å². The summed E-state index contributed by atoms with van der Waals surface area (Å²) in [6, 6.07) is 19.9. The molecule has 0 fully saturated rings. The third-order valence-corrected chi connectivity index (χ3v) is 4.10. The van der Waals surface area contributed by atoms with Gasteiger partial charge in [0.05, 0.1) is 24.0 Å². The number of fused-ring (bicyclic) bond motifs is 1. The van der Waals surface area contributed by atoms with Crippen LogP contribution in [0, 0.1) is 0 Å². The van der Waals surface area contributed by atoms with Crippen LogP contribution in [0.1, 0.15) is 15.9 Å². The van der Waals surface area contributed by atoms with Crippen LogP contribution in [0.25, 0.3) is 22.4 Å². The molecule has 128 valence electrons. The minimum atomic E-state index is -0.244. The number of benzene rings is 2. The molecule has 0 unspecified atom stereocenters. The Labute approximate surface area is 149 Å². The van der Waals surface area contributed by atoms with Crippen LogP contribution in [-0.4, -0.2) is 16.0 Å². The van der Waals surface area contributed by atoms with E-state index in [1.54, 1.807) is 42.7 Å². The number of carbonyl (C=O) groups is 1. The number of rotatable bonds is 4. The number of aliphatic hydroxyl groups excluding tert-OH is 1. The van der Waals surface area contributed by atoms with E-state index in [1.165, 1.54) is 0 Å². The Morgan fingerprint density at radius 1 is 1.04 bits per heavy atom. The number of furan rings is 1. The highest BCUT2D eigenvalue weighted by Gasteiger charge is 2.15. The molecule has 2 N–H and O–H groups in total. The van der Waals surface area contributed by atoms with E-state index in [0.29, 0.717) is 22.7 Å². The first kappa shape index (κ1) is 16.1. The van der Waals surface area contributed by atoms with Gasteiger partial charge >= 0.3 is 0 Å². The van der Waals surface area contributed by atoms with Crippen molar-refractivity contribution in [1.29, 1.82) is 0 Å². The van der Waals surface area contributed by atoms with Crippen LogP contribution in [0.5, 0.6) is 0 Å². The second kappa shape index (κ2) is 6.82. The Morgan fingerprint density at radius 2 is 1.92 bits per heavy atom. The van der Waals surface area contributed by atoms with Crippen molar-refractivity contribution in [2.45, 2.75) is 6.61 Å². The second-order valence-corrected chi connectivity index (χ2v) is 5.86. The fourth-order valence-electron chi connectivity index (χ4n) is 2.86. The van der Waals surface area contributed by atoms with Gasteiger partial charge in [-0.2, -0.15) is 0 Å². The molecule has 5 heteroatoms. The first-order valence-electron chi connectivity index (χ1n) is 8.19. The molecule has 5 nitrogen and oxygen atoms in total. The topological polar surface area (TPSA) is 75.4 Å². The number of anilines is 1. The highest BCUT2D eigenvalue weighted by atomic mass is 16.3. The normalized spacial score (nSPS) is 10.8. The van der Waals surface area contributed by atoms with Crippen molar-refractivity contribution in [1.82, 2.24) is 4.98 Å². The number of aromatic nitrogens is 1. The second-order valence-electron chi connectivity index (χ2n) is 5.86. The lowest BCUT2D eigenvalue weighted by molar-refractivity contribution is 0.102. The van der Waals surface area contributed by atoms with Gasteiger partial charge in [0, 0.05) is 11.1 Å². The maximum atomic E-state index is 12.9. The Morgan fingerprint density at radius 3 is 2.73 bits per heavy atom. The van der Waals surface area contributed by atoms with Crippen molar-refractivity contribution in [2.75, 3.05) is 5.32 Å². The Balaban J connectivity index is 1.77. The zero-order chi connectivity index (χ0) is 17.9. The van der Waals surface area contributed by atoms with E-state index >= 15 is 0 Å². The van der Waals surface area contributed by atoms with Crippen molar-refractivity contribution in [3.05, 3.63) is 84.1 Å². The number of hydrogen-bond donors (Lipinski definition) is 2.